The van der Waals surface area contributed by atoms with E-state index in [1.807, 2.05) is 13.0 Å². The number of methoxy groups -OCH3 is 1. The zero-order valence-electron chi connectivity index (χ0n) is 11.9. The highest BCUT2D eigenvalue weighted by Crippen LogP contribution is 2.54. The molecule has 0 saturated heterocycles. The van der Waals surface area contributed by atoms with E-state index in [9.17, 15) is 5.11 Å². The Kier molecular flexibility index (Phi) is 4.97. The monoisotopic (exact) mass is 263 g/mol. The minimum Gasteiger partial charge on any atom is -0.390 e. The minimum atomic E-state index is -0.569. The molecule has 0 aliphatic heterocycles. The van der Waals surface area contributed by atoms with Crippen molar-refractivity contribution >= 4 is 0 Å². The number of hydrogen-bond acceptors (Lipinski definition) is 3. The fourth-order valence-corrected chi connectivity index (χ4v) is 2.78. The Bertz CT molecular complexity index is 378. The van der Waals surface area contributed by atoms with E-state index in [2.05, 4.69) is 29.6 Å². The summed E-state index contributed by atoms with van der Waals surface area (Å²) in [6, 6.07) is 10.5. The minimum absolute atomic E-state index is 0.402. The number of aliphatic hydroxyl groups is 1. The molecular weight excluding hydrogens is 238 g/mol. The van der Waals surface area contributed by atoms with Gasteiger partial charge in [-0.2, -0.15) is 0 Å². The Morgan fingerprint density at radius 3 is 2.74 bits per heavy atom. The summed E-state index contributed by atoms with van der Waals surface area (Å²) in [5, 5.41) is 13.9. The fraction of sp³-hybridized carbons (Fsp3) is 0.625. The maximum atomic E-state index is 10.6. The first-order valence-corrected chi connectivity index (χ1v) is 7.12. The maximum absolute atomic E-state index is 10.6. The van der Waals surface area contributed by atoms with Crippen LogP contribution < -0.4 is 5.32 Å². The summed E-state index contributed by atoms with van der Waals surface area (Å²) in [4.78, 5) is 0. The molecule has 1 aliphatic carbocycles. The fourth-order valence-electron chi connectivity index (χ4n) is 2.78. The molecule has 2 rings (SSSR count). The highest BCUT2D eigenvalue weighted by atomic mass is 16.5. The highest BCUT2D eigenvalue weighted by Gasteiger charge is 2.49. The van der Waals surface area contributed by atoms with Gasteiger partial charge in [-0.15, -0.1) is 0 Å². The quantitative estimate of drug-likeness (QED) is 0.706. The number of hydrogen-bond donors (Lipinski definition) is 2. The molecule has 1 saturated carbocycles. The molecule has 19 heavy (non-hydrogen) atoms. The van der Waals surface area contributed by atoms with E-state index < -0.39 is 5.60 Å². The van der Waals surface area contributed by atoms with Crippen molar-refractivity contribution in [2.75, 3.05) is 26.8 Å². The van der Waals surface area contributed by atoms with Crippen molar-refractivity contribution in [2.24, 2.45) is 5.92 Å². The first-order chi connectivity index (χ1) is 9.15. The van der Waals surface area contributed by atoms with Crippen molar-refractivity contribution in [3.8, 4) is 0 Å². The van der Waals surface area contributed by atoms with Crippen molar-refractivity contribution < 1.29 is 9.84 Å². The Morgan fingerprint density at radius 2 is 2.05 bits per heavy atom. The van der Waals surface area contributed by atoms with Crippen LogP contribution in [0.3, 0.4) is 0 Å². The first kappa shape index (κ1) is 14.5. The van der Waals surface area contributed by atoms with E-state index >= 15 is 0 Å². The second-order valence-electron chi connectivity index (χ2n) is 5.71. The molecule has 0 amide bonds. The van der Waals surface area contributed by atoms with Crippen LogP contribution in [0.1, 0.15) is 31.2 Å². The van der Waals surface area contributed by atoms with E-state index in [4.69, 9.17) is 4.74 Å². The first-order valence-electron chi connectivity index (χ1n) is 7.12. The lowest BCUT2D eigenvalue weighted by atomic mass is 9.93. The maximum Gasteiger partial charge on any atom is 0.0665 e. The zero-order valence-corrected chi connectivity index (χ0v) is 11.9. The predicted molar refractivity (Wildman–Crippen MR) is 77.3 cm³/mol. The van der Waals surface area contributed by atoms with E-state index in [0.29, 0.717) is 11.8 Å². The van der Waals surface area contributed by atoms with E-state index in [1.165, 1.54) is 5.56 Å². The van der Waals surface area contributed by atoms with Gasteiger partial charge in [-0.1, -0.05) is 30.3 Å². The third-order valence-corrected chi connectivity index (χ3v) is 4.11. The molecule has 3 atom stereocenters. The van der Waals surface area contributed by atoms with Crippen molar-refractivity contribution in [3.05, 3.63) is 35.9 Å². The molecule has 3 unspecified atom stereocenters. The van der Waals surface area contributed by atoms with Gasteiger partial charge in [-0.05, 0) is 43.7 Å². The SMILES string of the molecule is COCCNCCC(C)(O)C1CC1c1ccccc1. The topological polar surface area (TPSA) is 41.5 Å². The van der Waals surface area contributed by atoms with Crippen molar-refractivity contribution in [1.29, 1.82) is 0 Å². The molecule has 3 heteroatoms. The second kappa shape index (κ2) is 6.51. The normalized spacial score (nSPS) is 25.0. The molecule has 106 valence electrons. The van der Waals surface area contributed by atoms with E-state index in [1.54, 1.807) is 7.11 Å². The van der Waals surface area contributed by atoms with E-state index in [0.717, 1.165) is 32.5 Å². The number of nitrogens with one attached hydrogen (secondary N) is 1. The van der Waals surface area contributed by atoms with Gasteiger partial charge in [0, 0.05) is 13.7 Å². The van der Waals surface area contributed by atoms with Crippen LogP contribution in [0.2, 0.25) is 0 Å². The van der Waals surface area contributed by atoms with Gasteiger partial charge in [0.25, 0.3) is 0 Å². The van der Waals surface area contributed by atoms with E-state index in [-0.39, 0.29) is 0 Å². The summed E-state index contributed by atoms with van der Waals surface area (Å²) in [7, 11) is 1.70. The Labute approximate surface area is 116 Å². The largest absolute Gasteiger partial charge is 0.390 e. The van der Waals surface area contributed by atoms with Crippen LogP contribution in [0.4, 0.5) is 0 Å². The van der Waals surface area contributed by atoms with Crippen molar-refractivity contribution in [2.45, 2.75) is 31.3 Å². The van der Waals surface area contributed by atoms with Gasteiger partial charge in [0.05, 0.1) is 12.2 Å². The zero-order chi connectivity index (χ0) is 13.7. The van der Waals surface area contributed by atoms with Crippen LogP contribution in [0.15, 0.2) is 30.3 Å². The van der Waals surface area contributed by atoms with Crippen LogP contribution in [0.25, 0.3) is 0 Å². The number of benzene rings is 1. The third-order valence-electron chi connectivity index (χ3n) is 4.11. The van der Waals surface area contributed by atoms with Gasteiger partial charge in [0.15, 0.2) is 0 Å². The average molecular weight is 263 g/mol. The summed E-state index contributed by atoms with van der Waals surface area (Å²) in [5.41, 5.74) is 0.792. The summed E-state index contributed by atoms with van der Waals surface area (Å²) in [6.07, 6.45) is 1.90. The predicted octanol–water partition coefficient (Wildman–Crippen LogP) is 2.17. The lowest BCUT2D eigenvalue weighted by molar-refractivity contribution is 0.0260. The highest BCUT2D eigenvalue weighted by molar-refractivity contribution is 5.27. The average Bonchev–Trinajstić information content (AvgIpc) is 3.20. The smallest absolute Gasteiger partial charge is 0.0665 e. The molecule has 1 aliphatic rings. The Morgan fingerprint density at radius 1 is 1.32 bits per heavy atom. The summed E-state index contributed by atoms with van der Waals surface area (Å²) < 4.78 is 4.98. The molecule has 3 nitrogen and oxygen atoms in total. The van der Waals surface area contributed by atoms with Crippen molar-refractivity contribution in [1.82, 2.24) is 5.32 Å². The molecule has 1 aromatic carbocycles. The Hall–Kier alpha value is -0.900. The third kappa shape index (κ3) is 4.03. The van der Waals surface area contributed by atoms with Crippen LogP contribution in [-0.2, 0) is 4.74 Å². The van der Waals surface area contributed by atoms with Crippen molar-refractivity contribution in [3.63, 3.8) is 0 Å². The van der Waals surface area contributed by atoms with Gasteiger partial charge in [0.1, 0.15) is 0 Å². The molecular formula is C16H25NO2. The summed E-state index contributed by atoms with van der Waals surface area (Å²) in [6.45, 7) is 4.38. The molecule has 1 aromatic rings. The number of rotatable bonds is 8. The molecule has 1 fully saturated rings. The number of ether oxygens (including phenoxy) is 1. The lowest BCUT2D eigenvalue weighted by Gasteiger charge is -2.24. The molecule has 2 N–H and O–H groups in total. The lowest BCUT2D eigenvalue weighted by Crippen LogP contribution is -2.33. The molecule has 0 aromatic heterocycles. The van der Waals surface area contributed by atoms with Crippen LogP contribution >= 0.6 is 0 Å². The van der Waals surface area contributed by atoms with Gasteiger partial charge in [-0.25, -0.2) is 0 Å². The van der Waals surface area contributed by atoms with Gasteiger partial charge >= 0.3 is 0 Å². The summed E-state index contributed by atoms with van der Waals surface area (Å²) in [5.74, 6) is 0.939. The standard InChI is InChI=1S/C16H25NO2/c1-16(18,8-9-17-10-11-19-2)15-12-14(15)13-6-4-3-5-7-13/h3-7,14-15,17-18H,8-12H2,1-2H3. The molecule has 0 spiro atoms. The van der Waals surface area contributed by atoms with Crippen LogP contribution in [-0.4, -0.2) is 37.5 Å². The van der Waals surface area contributed by atoms with Gasteiger partial charge in [-0.3, -0.25) is 0 Å². The second-order valence-corrected chi connectivity index (χ2v) is 5.71. The van der Waals surface area contributed by atoms with Gasteiger partial charge in [0.2, 0.25) is 0 Å². The molecule has 0 heterocycles. The summed E-state index contributed by atoms with van der Waals surface area (Å²) >= 11 is 0. The molecule has 0 radical (unpaired) electrons. The van der Waals surface area contributed by atoms with Crippen LogP contribution in [0.5, 0.6) is 0 Å². The van der Waals surface area contributed by atoms with Crippen LogP contribution in [0, 0.1) is 5.92 Å². The Balaban J connectivity index is 1.76. The molecule has 0 bridgehead atoms. The van der Waals surface area contributed by atoms with Gasteiger partial charge < -0.3 is 15.2 Å².